The summed E-state index contributed by atoms with van der Waals surface area (Å²) in [6.45, 7) is 0. The number of nitriles is 1. The third-order valence-corrected chi connectivity index (χ3v) is 4.00. The van der Waals surface area contributed by atoms with Crippen molar-refractivity contribution < 1.29 is 8.42 Å². The molecule has 88 valence electrons. The fourth-order valence-corrected chi connectivity index (χ4v) is 2.81. The van der Waals surface area contributed by atoms with Gasteiger partial charge in [-0.2, -0.15) is 5.26 Å². The zero-order valence-electron chi connectivity index (χ0n) is 9.00. The van der Waals surface area contributed by atoms with E-state index in [0.717, 1.165) is 0 Å². The lowest BCUT2D eigenvalue weighted by Crippen LogP contribution is -2.32. The normalized spacial score (nSPS) is 15.9. The SMILES string of the molecule is N#Cc1ccc(S(=O)(=O)NC2CC=CC2)cn1. The summed E-state index contributed by atoms with van der Waals surface area (Å²) < 4.78 is 26.4. The average Bonchev–Trinajstić information content (AvgIpc) is 2.81. The molecule has 1 aliphatic carbocycles. The quantitative estimate of drug-likeness (QED) is 0.808. The molecule has 17 heavy (non-hydrogen) atoms. The smallest absolute Gasteiger partial charge is 0.242 e. The Morgan fingerprint density at radius 1 is 1.35 bits per heavy atom. The highest BCUT2D eigenvalue weighted by molar-refractivity contribution is 7.89. The van der Waals surface area contributed by atoms with Crippen molar-refractivity contribution in [3.05, 3.63) is 36.2 Å². The molecule has 1 aliphatic rings. The van der Waals surface area contributed by atoms with Gasteiger partial charge in [0, 0.05) is 12.2 Å². The molecule has 0 amide bonds. The number of pyridine rings is 1. The summed E-state index contributed by atoms with van der Waals surface area (Å²) >= 11 is 0. The molecule has 0 spiro atoms. The molecule has 0 atom stereocenters. The van der Waals surface area contributed by atoms with Crippen LogP contribution in [0.4, 0.5) is 0 Å². The van der Waals surface area contributed by atoms with Crippen molar-refractivity contribution in [1.29, 1.82) is 5.26 Å². The lowest BCUT2D eigenvalue weighted by Gasteiger charge is -2.12. The molecule has 0 bridgehead atoms. The summed E-state index contributed by atoms with van der Waals surface area (Å²) in [5.41, 5.74) is 0.200. The molecular weight excluding hydrogens is 238 g/mol. The summed E-state index contributed by atoms with van der Waals surface area (Å²) in [7, 11) is -3.53. The first-order chi connectivity index (χ1) is 8.12. The van der Waals surface area contributed by atoms with E-state index in [4.69, 9.17) is 5.26 Å². The lowest BCUT2D eigenvalue weighted by atomic mass is 10.3. The molecule has 1 aromatic heterocycles. The lowest BCUT2D eigenvalue weighted by molar-refractivity contribution is 0.557. The van der Waals surface area contributed by atoms with E-state index in [-0.39, 0.29) is 16.6 Å². The van der Waals surface area contributed by atoms with Gasteiger partial charge >= 0.3 is 0 Å². The van der Waals surface area contributed by atoms with E-state index >= 15 is 0 Å². The minimum absolute atomic E-state index is 0.0735. The molecule has 0 aromatic carbocycles. The van der Waals surface area contributed by atoms with Crippen LogP contribution in [0.2, 0.25) is 0 Å². The highest BCUT2D eigenvalue weighted by Crippen LogP contribution is 2.14. The molecular formula is C11H11N3O2S. The van der Waals surface area contributed by atoms with Crippen molar-refractivity contribution in [3.8, 4) is 6.07 Å². The number of hydrogen-bond acceptors (Lipinski definition) is 4. The van der Waals surface area contributed by atoms with E-state index < -0.39 is 10.0 Å². The highest BCUT2D eigenvalue weighted by atomic mass is 32.2. The third-order valence-electron chi connectivity index (χ3n) is 2.49. The topological polar surface area (TPSA) is 82.8 Å². The maximum absolute atomic E-state index is 11.9. The molecule has 0 radical (unpaired) electrons. The van der Waals surface area contributed by atoms with Crippen LogP contribution in [0.15, 0.2) is 35.4 Å². The Morgan fingerprint density at radius 3 is 2.59 bits per heavy atom. The monoisotopic (exact) mass is 249 g/mol. The minimum Gasteiger partial charge on any atom is -0.244 e. The molecule has 1 heterocycles. The minimum atomic E-state index is -3.53. The van der Waals surface area contributed by atoms with E-state index in [2.05, 4.69) is 9.71 Å². The van der Waals surface area contributed by atoms with Crippen LogP contribution < -0.4 is 4.72 Å². The molecule has 0 unspecified atom stereocenters. The third kappa shape index (κ3) is 2.70. The van der Waals surface area contributed by atoms with Crippen LogP contribution in [0.3, 0.4) is 0 Å². The maximum atomic E-state index is 11.9. The van der Waals surface area contributed by atoms with E-state index in [0.29, 0.717) is 12.8 Å². The molecule has 0 fully saturated rings. The fraction of sp³-hybridized carbons (Fsp3) is 0.273. The van der Waals surface area contributed by atoms with Crippen LogP contribution in [-0.2, 0) is 10.0 Å². The Balaban J connectivity index is 2.16. The first kappa shape index (κ1) is 11.8. The van der Waals surface area contributed by atoms with Gasteiger partial charge in [0.25, 0.3) is 0 Å². The standard InChI is InChI=1S/C11H11N3O2S/c12-7-10-5-6-11(8-13-10)17(15,16)14-9-3-1-2-4-9/h1-2,5-6,8-9,14H,3-4H2. The zero-order valence-corrected chi connectivity index (χ0v) is 9.81. The van der Waals surface area contributed by atoms with Crippen LogP contribution in [-0.4, -0.2) is 19.4 Å². The Morgan fingerprint density at radius 2 is 2.06 bits per heavy atom. The summed E-state index contributed by atoms with van der Waals surface area (Å²) in [4.78, 5) is 3.83. The van der Waals surface area contributed by atoms with Gasteiger partial charge in [0.15, 0.2) is 0 Å². The van der Waals surface area contributed by atoms with Crippen LogP contribution in [0, 0.1) is 11.3 Å². The summed E-state index contributed by atoms with van der Waals surface area (Å²) in [6, 6.07) is 4.54. The van der Waals surface area contributed by atoms with Gasteiger partial charge in [-0.3, -0.25) is 0 Å². The second kappa shape index (κ2) is 4.65. The summed E-state index contributed by atoms with van der Waals surface area (Å²) in [5, 5.41) is 8.58. The number of nitrogens with zero attached hydrogens (tertiary/aromatic N) is 2. The van der Waals surface area contributed by atoms with Gasteiger partial charge in [0.2, 0.25) is 10.0 Å². The molecule has 1 N–H and O–H groups in total. The van der Waals surface area contributed by atoms with Gasteiger partial charge in [-0.15, -0.1) is 0 Å². The van der Waals surface area contributed by atoms with Gasteiger partial charge in [0.1, 0.15) is 16.7 Å². The Kier molecular flexibility index (Phi) is 3.22. The number of sulfonamides is 1. The summed E-state index contributed by atoms with van der Waals surface area (Å²) in [6.07, 6.45) is 6.52. The van der Waals surface area contributed by atoms with Crippen molar-refractivity contribution in [2.24, 2.45) is 0 Å². The van der Waals surface area contributed by atoms with Gasteiger partial charge in [-0.1, -0.05) is 12.2 Å². The van der Waals surface area contributed by atoms with Gasteiger partial charge in [-0.05, 0) is 25.0 Å². The number of aromatic nitrogens is 1. The average molecular weight is 249 g/mol. The Bertz CT molecular complexity index is 562. The van der Waals surface area contributed by atoms with Crippen LogP contribution >= 0.6 is 0 Å². The summed E-state index contributed by atoms with van der Waals surface area (Å²) in [5.74, 6) is 0. The Labute approximate surface area is 99.8 Å². The van der Waals surface area contributed by atoms with Crippen LogP contribution in [0.25, 0.3) is 0 Å². The van der Waals surface area contributed by atoms with Gasteiger partial charge < -0.3 is 0 Å². The van der Waals surface area contributed by atoms with E-state index in [1.54, 1.807) is 0 Å². The zero-order chi connectivity index (χ0) is 12.3. The molecule has 1 aromatic rings. The van der Waals surface area contributed by atoms with Crippen LogP contribution in [0.1, 0.15) is 18.5 Å². The second-order valence-electron chi connectivity index (χ2n) is 3.75. The van der Waals surface area contributed by atoms with Crippen molar-refractivity contribution in [3.63, 3.8) is 0 Å². The van der Waals surface area contributed by atoms with Crippen LogP contribution in [0.5, 0.6) is 0 Å². The van der Waals surface area contributed by atoms with E-state index in [1.807, 2.05) is 18.2 Å². The number of hydrogen-bond donors (Lipinski definition) is 1. The second-order valence-corrected chi connectivity index (χ2v) is 5.47. The van der Waals surface area contributed by atoms with E-state index in [9.17, 15) is 8.42 Å². The van der Waals surface area contributed by atoms with Crippen molar-refractivity contribution >= 4 is 10.0 Å². The molecule has 6 heteroatoms. The predicted octanol–water partition coefficient (Wildman–Crippen LogP) is 0.950. The van der Waals surface area contributed by atoms with E-state index in [1.165, 1.54) is 18.3 Å². The van der Waals surface area contributed by atoms with Crippen molar-refractivity contribution in [1.82, 2.24) is 9.71 Å². The first-order valence-electron chi connectivity index (χ1n) is 5.15. The Hall–Kier alpha value is -1.71. The molecule has 0 aliphatic heterocycles. The molecule has 2 rings (SSSR count). The highest BCUT2D eigenvalue weighted by Gasteiger charge is 2.20. The van der Waals surface area contributed by atoms with Crippen molar-refractivity contribution in [2.75, 3.05) is 0 Å². The fourth-order valence-electron chi connectivity index (χ4n) is 1.61. The molecule has 5 nitrogen and oxygen atoms in total. The predicted molar refractivity (Wildman–Crippen MR) is 61.4 cm³/mol. The number of rotatable bonds is 3. The van der Waals surface area contributed by atoms with Crippen molar-refractivity contribution in [2.45, 2.75) is 23.8 Å². The molecule has 0 saturated heterocycles. The van der Waals surface area contributed by atoms with Gasteiger partial charge in [-0.25, -0.2) is 18.1 Å². The number of nitrogens with one attached hydrogen (secondary N) is 1. The molecule has 0 saturated carbocycles. The first-order valence-corrected chi connectivity index (χ1v) is 6.63. The maximum Gasteiger partial charge on any atom is 0.242 e. The largest absolute Gasteiger partial charge is 0.244 e. The van der Waals surface area contributed by atoms with Gasteiger partial charge in [0.05, 0.1) is 0 Å².